The fourth-order valence-electron chi connectivity index (χ4n) is 1.57. The zero-order valence-corrected chi connectivity index (χ0v) is 11.1. The monoisotopic (exact) mass is 288 g/mol. The van der Waals surface area contributed by atoms with Crippen LogP contribution in [0.1, 0.15) is 20.3 Å². The molecule has 0 aliphatic carbocycles. The molecule has 0 radical (unpaired) electrons. The van der Waals surface area contributed by atoms with Crippen LogP contribution in [0, 0.1) is 0 Å². The second-order valence-corrected chi connectivity index (χ2v) is 4.00. The number of anilines is 2. The predicted octanol–water partition coefficient (Wildman–Crippen LogP) is 2.95. The Hall–Kier alpha value is -2.05. The lowest BCUT2D eigenvalue weighted by Gasteiger charge is -2.22. The summed E-state index contributed by atoms with van der Waals surface area (Å²) in [5.41, 5.74) is 0.598. The van der Waals surface area contributed by atoms with E-state index in [1.807, 2.05) is 0 Å². The standard InChI is InChI=1S/C13H15F3N2O2/c1-3-11(19)17-9-5-7-10(8-6-9)18(4-2)12(20)13(14,15)16/h5-8H,3-4H2,1-2H3,(H,17,19). The van der Waals surface area contributed by atoms with E-state index < -0.39 is 12.1 Å². The van der Waals surface area contributed by atoms with Gasteiger partial charge in [0.05, 0.1) is 0 Å². The predicted molar refractivity (Wildman–Crippen MR) is 69.4 cm³/mol. The van der Waals surface area contributed by atoms with Crippen LogP contribution in [0.25, 0.3) is 0 Å². The number of halogens is 3. The Morgan fingerprint density at radius 3 is 2.10 bits per heavy atom. The number of carbonyl (C=O) groups excluding carboxylic acids is 2. The summed E-state index contributed by atoms with van der Waals surface area (Å²) < 4.78 is 37.3. The van der Waals surface area contributed by atoms with Gasteiger partial charge in [-0.15, -0.1) is 0 Å². The highest BCUT2D eigenvalue weighted by molar-refractivity contribution is 5.97. The van der Waals surface area contributed by atoms with Crippen LogP contribution in [0.3, 0.4) is 0 Å². The third-order valence-electron chi connectivity index (χ3n) is 2.59. The first kappa shape index (κ1) is 16.0. The minimum atomic E-state index is -4.91. The molecule has 2 amide bonds. The summed E-state index contributed by atoms with van der Waals surface area (Å²) in [6.45, 7) is 3.04. The van der Waals surface area contributed by atoms with Gasteiger partial charge in [0.25, 0.3) is 0 Å². The molecule has 1 aromatic carbocycles. The first-order chi connectivity index (χ1) is 9.29. The molecule has 1 N–H and O–H groups in total. The van der Waals surface area contributed by atoms with Crippen molar-refractivity contribution < 1.29 is 22.8 Å². The molecule has 0 bridgehead atoms. The first-order valence-electron chi connectivity index (χ1n) is 6.08. The van der Waals surface area contributed by atoms with Gasteiger partial charge in [-0.3, -0.25) is 9.59 Å². The fraction of sp³-hybridized carbons (Fsp3) is 0.385. The number of benzene rings is 1. The molecule has 0 unspecified atom stereocenters. The summed E-state index contributed by atoms with van der Waals surface area (Å²) >= 11 is 0. The summed E-state index contributed by atoms with van der Waals surface area (Å²) in [6.07, 6.45) is -4.61. The van der Waals surface area contributed by atoms with Crippen molar-refractivity contribution in [1.29, 1.82) is 0 Å². The molecule has 4 nitrogen and oxygen atoms in total. The van der Waals surface area contributed by atoms with E-state index in [2.05, 4.69) is 5.32 Å². The van der Waals surface area contributed by atoms with Gasteiger partial charge in [0.2, 0.25) is 5.91 Å². The topological polar surface area (TPSA) is 49.4 Å². The van der Waals surface area contributed by atoms with Crippen LogP contribution in [-0.2, 0) is 9.59 Å². The smallest absolute Gasteiger partial charge is 0.326 e. The van der Waals surface area contributed by atoms with E-state index in [9.17, 15) is 22.8 Å². The number of hydrogen-bond acceptors (Lipinski definition) is 2. The van der Waals surface area contributed by atoms with Gasteiger partial charge >= 0.3 is 12.1 Å². The van der Waals surface area contributed by atoms with E-state index in [0.717, 1.165) is 0 Å². The summed E-state index contributed by atoms with van der Waals surface area (Å²) in [7, 11) is 0. The number of rotatable bonds is 4. The average Bonchev–Trinajstić information content (AvgIpc) is 2.40. The van der Waals surface area contributed by atoms with Crippen molar-refractivity contribution in [3.05, 3.63) is 24.3 Å². The van der Waals surface area contributed by atoms with Crippen molar-refractivity contribution in [2.24, 2.45) is 0 Å². The number of nitrogens with zero attached hydrogens (tertiary/aromatic N) is 1. The number of alkyl halides is 3. The van der Waals surface area contributed by atoms with Gasteiger partial charge in [-0.2, -0.15) is 13.2 Å². The van der Waals surface area contributed by atoms with Crippen molar-refractivity contribution >= 4 is 23.2 Å². The molecular formula is C13H15F3N2O2. The van der Waals surface area contributed by atoms with E-state index in [-0.39, 0.29) is 18.1 Å². The van der Waals surface area contributed by atoms with Crippen LogP contribution in [0.5, 0.6) is 0 Å². The molecule has 0 aliphatic heterocycles. The molecule has 20 heavy (non-hydrogen) atoms. The average molecular weight is 288 g/mol. The second-order valence-electron chi connectivity index (χ2n) is 4.00. The SMILES string of the molecule is CCC(=O)Nc1ccc(N(CC)C(=O)C(F)(F)F)cc1. The van der Waals surface area contributed by atoms with Crippen molar-refractivity contribution in [2.45, 2.75) is 26.4 Å². The lowest BCUT2D eigenvalue weighted by atomic mass is 10.2. The Morgan fingerprint density at radius 1 is 1.15 bits per heavy atom. The molecular weight excluding hydrogens is 273 g/mol. The third kappa shape index (κ3) is 3.97. The molecule has 0 heterocycles. The largest absolute Gasteiger partial charge is 0.471 e. The molecule has 0 saturated heterocycles. The molecule has 0 aromatic heterocycles. The Balaban J connectivity index is 2.90. The molecule has 7 heteroatoms. The van der Waals surface area contributed by atoms with Crippen LogP contribution >= 0.6 is 0 Å². The van der Waals surface area contributed by atoms with Crippen LogP contribution in [0.4, 0.5) is 24.5 Å². The van der Waals surface area contributed by atoms with E-state index in [1.165, 1.54) is 31.2 Å². The molecule has 1 rings (SSSR count). The number of carbonyl (C=O) groups is 2. The van der Waals surface area contributed by atoms with E-state index in [1.54, 1.807) is 6.92 Å². The quantitative estimate of drug-likeness (QED) is 0.926. The molecule has 110 valence electrons. The van der Waals surface area contributed by atoms with Gasteiger partial charge in [0, 0.05) is 24.3 Å². The second kappa shape index (κ2) is 6.40. The van der Waals surface area contributed by atoms with Crippen molar-refractivity contribution in [3.63, 3.8) is 0 Å². The van der Waals surface area contributed by atoms with Crippen molar-refractivity contribution in [1.82, 2.24) is 0 Å². The van der Waals surface area contributed by atoms with Crippen LogP contribution in [0.2, 0.25) is 0 Å². The summed E-state index contributed by atoms with van der Waals surface area (Å²) in [6, 6.07) is 5.63. The summed E-state index contributed by atoms with van der Waals surface area (Å²) in [4.78, 5) is 23.0. The van der Waals surface area contributed by atoms with Gasteiger partial charge in [0.1, 0.15) is 0 Å². The highest BCUT2D eigenvalue weighted by Crippen LogP contribution is 2.24. The molecule has 0 spiro atoms. The van der Waals surface area contributed by atoms with Crippen molar-refractivity contribution in [2.75, 3.05) is 16.8 Å². The van der Waals surface area contributed by atoms with Gasteiger partial charge in [-0.1, -0.05) is 6.92 Å². The minimum absolute atomic E-state index is 0.0982. The molecule has 0 aliphatic rings. The third-order valence-corrected chi connectivity index (χ3v) is 2.59. The zero-order chi connectivity index (χ0) is 15.3. The van der Waals surface area contributed by atoms with Gasteiger partial charge in [0.15, 0.2) is 0 Å². The molecule has 1 aromatic rings. The Kier molecular flexibility index (Phi) is 5.12. The molecule has 0 atom stereocenters. The van der Waals surface area contributed by atoms with E-state index >= 15 is 0 Å². The lowest BCUT2D eigenvalue weighted by molar-refractivity contribution is -0.170. The number of nitrogens with one attached hydrogen (secondary N) is 1. The maximum absolute atomic E-state index is 12.4. The van der Waals surface area contributed by atoms with Crippen LogP contribution < -0.4 is 10.2 Å². The number of hydrogen-bond donors (Lipinski definition) is 1. The zero-order valence-electron chi connectivity index (χ0n) is 11.1. The normalized spacial score (nSPS) is 11.1. The fourth-order valence-corrected chi connectivity index (χ4v) is 1.57. The minimum Gasteiger partial charge on any atom is -0.326 e. The van der Waals surface area contributed by atoms with Crippen LogP contribution in [0.15, 0.2) is 24.3 Å². The van der Waals surface area contributed by atoms with Gasteiger partial charge in [-0.05, 0) is 31.2 Å². The van der Waals surface area contributed by atoms with Gasteiger partial charge in [-0.25, -0.2) is 0 Å². The van der Waals surface area contributed by atoms with E-state index in [4.69, 9.17) is 0 Å². The Morgan fingerprint density at radius 2 is 1.70 bits per heavy atom. The molecule has 0 fully saturated rings. The Bertz CT molecular complexity index is 483. The van der Waals surface area contributed by atoms with E-state index in [0.29, 0.717) is 17.0 Å². The highest BCUT2D eigenvalue weighted by atomic mass is 19.4. The highest BCUT2D eigenvalue weighted by Gasteiger charge is 2.42. The van der Waals surface area contributed by atoms with Crippen molar-refractivity contribution in [3.8, 4) is 0 Å². The maximum Gasteiger partial charge on any atom is 0.471 e. The summed E-state index contributed by atoms with van der Waals surface area (Å²) in [5, 5.41) is 2.57. The number of amides is 2. The molecule has 0 saturated carbocycles. The lowest BCUT2D eigenvalue weighted by Crippen LogP contribution is -2.41. The first-order valence-corrected chi connectivity index (χ1v) is 6.08. The maximum atomic E-state index is 12.4. The Labute approximate surface area is 114 Å². The van der Waals surface area contributed by atoms with Gasteiger partial charge < -0.3 is 10.2 Å². The summed E-state index contributed by atoms with van der Waals surface area (Å²) in [5.74, 6) is -2.11. The van der Waals surface area contributed by atoms with Crippen LogP contribution in [-0.4, -0.2) is 24.5 Å².